The molecule has 1 fully saturated rings. The van der Waals surface area contributed by atoms with Gasteiger partial charge in [-0.25, -0.2) is 5.01 Å². The van der Waals surface area contributed by atoms with Gasteiger partial charge in [0.1, 0.15) is 5.75 Å². The first kappa shape index (κ1) is 19.9. The van der Waals surface area contributed by atoms with Crippen LogP contribution in [0.2, 0.25) is 5.02 Å². The van der Waals surface area contributed by atoms with Crippen molar-refractivity contribution in [3.63, 3.8) is 0 Å². The van der Waals surface area contributed by atoms with Crippen molar-refractivity contribution in [3.05, 3.63) is 64.7 Å². The number of amides is 1. The number of para-hydroxylation sites is 1. The van der Waals surface area contributed by atoms with Crippen LogP contribution < -0.4 is 4.74 Å². The van der Waals surface area contributed by atoms with Gasteiger partial charge < -0.3 is 9.47 Å². The van der Waals surface area contributed by atoms with Crippen molar-refractivity contribution in [2.75, 3.05) is 40.0 Å². The van der Waals surface area contributed by atoms with Gasteiger partial charge in [0.2, 0.25) is 0 Å². The van der Waals surface area contributed by atoms with Crippen molar-refractivity contribution in [1.29, 1.82) is 0 Å². The largest absolute Gasteiger partial charge is 0.496 e. The maximum atomic E-state index is 13.2. The molecule has 2 heterocycles. The predicted octanol–water partition coefficient (Wildman–Crippen LogP) is 3.36. The summed E-state index contributed by atoms with van der Waals surface area (Å²) in [5.41, 5.74) is 2.61. The molecule has 2 aliphatic heterocycles. The van der Waals surface area contributed by atoms with Crippen molar-refractivity contribution >= 4 is 23.2 Å². The smallest absolute Gasteiger partial charge is 0.257 e. The number of carbonyl (C=O) groups is 1. The average Bonchev–Trinajstić information content (AvgIpc) is 3.20. The Bertz CT molecular complexity index is 912. The molecule has 152 valence electrons. The van der Waals surface area contributed by atoms with Gasteiger partial charge in [0.15, 0.2) is 0 Å². The van der Waals surface area contributed by atoms with Crippen molar-refractivity contribution in [1.82, 2.24) is 9.91 Å². The van der Waals surface area contributed by atoms with Crippen LogP contribution in [0.1, 0.15) is 23.6 Å². The molecule has 1 amide bonds. The summed E-state index contributed by atoms with van der Waals surface area (Å²) in [4.78, 5) is 15.3. The molecule has 7 heteroatoms. The van der Waals surface area contributed by atoms with Crippen molar-refractivity contribution < 1.29 is 14.3 Å². The Morgan fingerprint density at radius 1 is 1.17 bits per heavy atom. The molecule has 2 aliphatic rings. The highest BCUT2D eigenvalue weighted by Crippen LogP contribution is 2.38. The van der Waals surface area contributed by atoms with Crippen LogP contribution in [-0.2, 0) is 9.53 Å². The van der Waals surface area contributed by atoms with E-state index in [0.717, 1.165) is 35.7 Å². The fraction of sp³-hybridized carbons (Fsp3) is 0.364. The highest BCUT2D eigenvalue weighted by atomic mass is 35.5. The number of hydrazone groups is 1. The first-order valence-electron chi connectivity index (χ1n) is 9.75. The minimum atomic E-state index is -0.231. The molecule has 29 heavy (non-hydrogen) atoms. The third-order valence-corrected chi connectivity index (χ3v) is 5.64. The number of ether oxygens (including phenoxy) is 2. The van der Waals surface area contributed by atoms with E-state index in [1.54, 1.807) is 12.1 Å². The number of morpholine rings is 1. The van der Waals surface area contributed by atoms with Crippen LogP contribution in [0.25, 0.3) is 0 Å². The lowest BCUT2D eigenvalue weighted by Crippen LogP contribution is -2.43. The molecule has 2 aromatic rings. The monoisotopic (exact) mass is 413 g/mol. The van der Waals surface area contributed by atoms with Gasteiger partial charge in [-0.15, -0.1) is 0 Å². The van der Waals surface area contributed by atoms with E-state index in [0.29, 0.717) is 31.2 Å². The molecular weight excluding hydrogens is 390 g/mol. The summed E-state index contributed by atoms with van der Waals surface area (Å²) < 4.78 is 10.9. The summed E-state index contributed by atoms with van der Waals surface area (Å²) >= 11 is 6.41. The van der Waals surface area contributed by atoms with E-state index in [1.807, 2.05) is 48.5 Å². The van der Waals surface area contributed by atoms with Crippen LogP contribution in [0.15, 0.2) is 53.6 Å². The second-order valence-corrected chi connectivity index (χ2v) is 7.52. The Hall–Kier alpha value is -2.41. The second kappa shape index (κ2) is 8.95. The van der Waals surface area contributed by atoms with Crippen molar-refractivity contribution in [2.45, 2.75) is 12.5 Å². The molecule has 1 atom stereocenters. The number of halogens is 1. The maximum Gasteiger partial charge on any atom is 0.257 e. The Morgan fingerprint density at radius 3 is 2.66 bits per heavy atom. The zero-order valence-electron chi connectivity index (χ0n) is 16.4. The van der Waals surface area contributed by atoms with E-state index in [-0.39, 0.29) is 11.9 Å². The van der Waals surface area contributed by atoms with E-state index in [2.05, 4.69) is 4.90 Å². The Labute approximate surface area is 175 Å². The molecule has 0 spiro atoms. The minimum Gasteiger partial charge on any atom is -0.496 e. The Balaban J connectivity index is 1.65. The van der Waals surface area contributed by atoms with Crippen LogP contribution in [0.4, 0.5) is 0 Å². The summed E-state index contributed by atoms with van der Waals surface area (Å²) in [5, 5.41) is 6.96. The van der Waals surface area contributed by atoms with Gasteiger partial charge in [-0.3, -0.25) is 9.69 Å². The second-order valence-electron chi connectivity index (χ2n) is 7.12. The topological polar surface area (TPSA) is 54.4 Å². The van der Waals surface area contributed by atoms with Gasteiger partial charge in [-0.05, 0) is 12.1 Å². The molecule has 6 nitrogen and oxygen atoms in total. The summed E-state index contributed by atoms with van der Waals surface area (Å²) in [7, 11) is 1.64. The zero-order valence-corrected chi connectivity index (χ0v) is 17.1. The van der Waals surface area contributed by atoms with E-state index >= 15 is 0 Å². The summed E-state index contributed by atoms with van der Waals surface area (Å²) in [5.74, 6) is 0.710. The van der Waals surface area contributed by atoms with E-state index in [9.17, 15) is 4.79 Å². The van der Waals surface area contributed by atoms with E-state index < -0.39 is 0 Å². The molecular formula is C22H24ClN3O3. The Morgan fingerprint density at radius 2 is 1.90 bits per heavy atom. The van der Waals surface area contributed by atoms with Crippen molar-refractivity contribution in [2.24, 2.45) is 5.10 Å². The third-order valence-electron chi connectivity index (χ3n) is 5.31. The fourth-order valence-corrected chi connectivity index (χ4v) is 4.05. The number of rotatable bonds is 5. The number of hydrogen-bond donors (Lipinski definition) is 0. The lowest BCUT2D eigenvalue weighted by atomic mass is 9.97. The standard InChI is InChI=1S/C22H24ClN3O3/c1-28-21-9-5-3-7-17(21)20-14-19(16-6-2-4-8-18(16)23)24-26(20)22(27)15-25-10-12-29-13-11-25/h2-9,20H,10-15H2,1H3. The third kappa shape index (κ3) is 4.29. The number of benzene rings is 2. The molecule has 0 bridgehead atoms. The normalized spacial score (nSPS) is 19.9. The molecule has 0 aromatic heterocycles. The van der Waals surface area contributed by atoms with E-state index in [1.165, 1.54) is 0 Å². The summed E-state index contributed by atoms with van der Waals surface area (Å²) in [6.07, 6.45) is 0.582. The van der Waals surface area contributed by atoms with Gasteiger partial charge in [-0.2, -0.15) is 5.10 Å². The zero-order chi connectivity index (χ0) is 20.2. The minimum absolute atomic E-state index is 0.0372. The first-order chi connectivity index (χ1) is 14.2. The number of methoxy groups -OCH3 is 1. The highest BCUT2D eigenvalue weighted by molar-refractivity contribution is 6.34. The molecule has 0 aliphatic carbocycles. The van der Waals surface area contributed by atoms with Gasteiger partial charge in [-0.1, -0.05) is 48.0 Å². The average molecular weight is 414 g/mol. The van der Waals surface area contributed by atoms with Crippen LogP contribution >= 0.6 is 11.6 Å². The van der Waals surface area contributed by atoms with Crippen LogP contribution in [-0.4, -0.2) is 61.5 Å². The van der Waals surface area contributed by atoms with Gasteiger partial charge in [0.25, 0.3) is 5.91 Å². The first-order valence-corrected chi connectivity index (χ1v) is 10.1. The maximum absolute atomic E-state index is 13.2. The quantitative estimate of drug-likeness (QED) is 0.754. The molecule has 1 saturated heterocycles. The summed E-state index contributed by atoms with van der Waals surface area (Å²) in [6, 6.07) is 15.2. The molecule has 0 N–H and O–H groups in total. The molecule has 0 radical (unpaired) electrons. The highest BCUT2D eigenvalue weighted by Gasteiger charge is 2.35. The fourth-order valence-electron chi connectivity index (χ4n) is 3.81. The van der Waals surface area contributed by atoms with Crippen molar-refractivity contribution in [3.8, 4) is 5.75 Å². The van der Waals surface area contributed by atoms with Crippen LogP contribution in [0.5, 0.6) is 5.75 Å². The number of nitrogens with zero attached hydrogens (tertiary/aromatic N) is 3. The van der Waals surface area contributed by atoms with Gasteiger partial charge >= 0.3 is 0 Å². The van der Waals surface area contributed by atoms with Crippen LogP contribution in [0, 0.1) is 0 Å². The SMILES string of the molecule is COc1ccccc1C1CC(c2ccccc2Cl)=NN1C(=O)CN1CCOCC1. The number of hydrogen-bond acceptors (Lipinski definition) is 5. The lowest BCUT2D eigenvalue weighted by Gasteiger charge is -2.29. The lowest BCUT2D eigenvalue weighted by molar-refractivity contribution is -0.135. The van der Waals surface area contributed by atoms with Gasteiger partial charge in [0, 0.05) is 35.7 Å². The molecule has 1 unspecified atom stereocenters. The Kier molecular flexibility index (Phi) is 6.13. The van der Waals surface area contributed by atoms with Gasteiger partial charge in [0.05, 0.1) is 38.6 Å². The molecule has 2 aromatic carbocycles. The summed E-state index contributed by atoms with van der Waals surface area (Å²) in [6.45, 7) is 3.11. The van der Waals surface area contributed by atoms with E-state index in [4.69, 9.17) is 26.2 Å². The molecule has 0 saturated carbocycles. The number of carbonyl (C=O) groups excluding carboxylic acids is 1. The molecule has 4 rings (SSSR count). The van der Waals surface area contributed by atoms with Crippen LogP contribution in [0.3, 0.4) is 0 Å². The predicted molar refractivity (Wildman–Crippen MR) is 112 cm³/mol.